The Bertz CT molecular complexity index is 1500. The second-order valence-electron chi connectivity index (χ2n) is 8.00. The number of aryl methyl sites for hydroxylation is 1. The lowest BCUT2D eigenvalue weighted by Crippen LogP contribution is -2.39. The number of hydrogen-bond donors (Lipinski definition) is 1. The monoisotopic (exact) mass is 556 g/mol. The van der Waals surface area contributed by atoms with Gasteiger partial charge >= 0.3 is 5.97 Å². The third kappa shape index (κ3) is 4.83. The molecule has 0 bridgehead atoms. The van der Waals surface area contributed by atoms with E-state index in [1.165, 1.54) is 11.3 Å². The lowest BCUT2D eigenvalue weighted by molar-refractivity contribution is -0.139. The molecule has 2 heterocycles. The molecule has 1 aromatic heterocycles. The first-order chi connectivity index (χ1) is 16.7. The fourth-order valence-corrected chi connectivity index (χ4v) is 5.46. The average molecular weight is 557 g/mol. The van der Waals surface area contributed by atoms with E-state index in [1.54, 1.807) is 36.6 Å². The van der Waals surface area contributed by atoms with Gasteiger partial charge in [-0.15, -0.1) is 0 Å². The van der Waals surface area contributed by atoms with Gasteiger partial charge in [0.05, 0.1) is 39.5 Å². The van der Waals surface area contributed by atoms with Crippen LogP contribution in [0.3, 0.4) is 0 Å². The summed E-state index contributed by atoms with van der Waals surface area (Å²) in [4.78, 5) is 31.7. The normalized spacial score (nSPS) is 15.6. The highest BCUT2D eigenvalue weighted by Crippen LogP contribution is 2.36. The van der Waals surface area contributed by atoms with Crippen LogP contribution in [0.15, 0.2) is 61.9 Å². The van der Waals surface area contributed by atoms with Crippen LogP contribution in [0.25, 0.3) is 6.08 Å². The number of phenolic OH excluding ortho intramolecular Hbond substituents is 1. The van der Waals surface area contributed by atoms with Crippen molar-refractivity contribution in [3.63, 3.8) is 0 Å². The van der Waals surface area contributed by atoms with Crippen LogP contribution in [0.1, 0.15) is 43.5 Å². The molecule has 1 N–H and O–H groups in total. The summed E-state index contributed by atoms with van der Waals surface area (Å²) in [6.07, 6.45) is 1.73. The van der Waals surface area contributed by atoms with Crippen LogP contribution in [0, 0.1) is 6.92 Å². The predicted molar refractivity (Wildman–Crippen MR) is 139 cm³/mol. The van der Waals surface area contributed by atoms with Crippen molar-refractivity contribution in [3.8, 4) is 11.5 Å². The molecule has 0 saturated heterocycles. The average Bonchev–Trinajstić information content (AvgIpc) is 3.11. The van der Waals surface area contributed by atoms with Gasteiger partial charge in [-0.2, -0.15) is 0 Å². The van der Waals surface area contributed by atoms with E-state index in [9.17, 15) is 14.7 Å². The maximum Gasteiger partial charge on any atom is 0.338 e. The van der Waals surface area contributed by atoms with E-state index in [2.05, 4.69) is 20.9 Å². The van der Waals surface area contributed by atoms with Gasteiger partial charge < -0.3 is 14.6 Å². The van der Waals surface area contributed by atoms with Gasteiger partial charge in [-0.1, -0.05) is 41.2 Å². The highest BCUT2D eigenvalue weighted by Gasteiger charge is 2.33. The number of carbonyl (C=O) groups is 1. The van der Waals surface area contributed by atoms with E-state index in [-0.39, 0.29) is 17.9 Å². The molecular weight excluding hydrogens is 532 g/mol. The number of ether oxygens (including phenoxy) is 2. The van der Waals surface area contributed by atoms with Crippen molar-refractivity contribution in [3.05, 3.63) is 88.5 Å². The van der Waals surface area contributed by atoms with Gasteiger partial charge in [-0.3, -0.25) is 9.36 Å². The highest BCUT2D eigenvalue weighted by molar-refractivity contribution is 9.10. The van der Waals surface area contributed by atoms with Crippen LogP contribution in [0.2, 0.25) is 0 Å². The molecule has 0 saturated carbocycles. The Morgan fingerprint density at radius 2 is 1.91 bits per heavy atom. The highest BCUT2D eigenvalue weighted by atomic mass is 79.9. The minimum Gasteiger partial charge on any atom is -0.503 e. The Kier molecular flexibility index (Phi) is 7.28. The number of phenols is 1. The first-order valence-electron chi connectivity index (χ1n) is 11.2. The standard InChI is InChI=1S/C26H25BrN2O5S/c1-5-33-19-12-16(11-18(27)23(19)30)13-20-24(31)29-22(17-9-7-14(3)8-10-17)21(25(32)34-6-2)15(4)28-26(29)35-20/h7-13,22,30H,5-6H2,1-4H3/b20-13+. The zero-order valence-corrected chi connectivity index (χ0v) is 22.2. The molecule has 1 aliphatic heterocycles. The van der Waals surface area contributed by atoms with E-state index < -0.39 is 12.0 Å². The van der Waals surface area contributed by atoms with Gasteiger partial charge in [0.15, 0.2) is 16.3 Å². The second-order valence-corrected chi connectivity index (χ2v) is 9.86. The number of fused-ring (bicyclic) bond motifs is 1. The first kappa shape index (κ1) is 24.9. The minimum atomic E-state index is -0.654. The summed E-state index contributed by atoms with van der Waals surface area (Å²) >= 11 is 4.58. The van der Waals surface area contributed by atoms with Gasteiger partial charge in [0.1, 0.15) is 0 Å². The van der Waals surface area contributed by atoms with Gasteiger partial charge in [-0.05, 0) is 73.0 Å². The molecule has 0 spiro atoms. The molecule has 7 nitrogen and oxygen atoms in total. The van der Waals surface area contributed by atoms with E-state index in [0.717, 1.165) is 11.1 Å². The van der Waals surface area contributed by atoms with E-state index in [0.29, 0.717) is 43.0 Å². The lowest BCUT2D eigenvalue weighted by Gasteiger charge is -2.24. The number of thiazole rings is 1. The van der Waals surface area contributed by atoms with Crippen LogP contribution < -0.4 is 19.6 Å². The number of carbonyl (C=O) groups excluding carboxylic acids is 1. The second kappa shape index (κ2) is 10.2. The topological polar surface area (TPSA) is 90.1 Å². The number of rotatable bonds is 6. The molecule has 3 aromatic rings. The largest absolute Gasteiger partial charge is 0.503 e. The number of benzene rings is 2. The summed E-state index contributed by atoms with van der Waals surface area (Å²) in [5.74, 6) is -0.171. The van der Waals surface area contributed by atoms with Crippen molar-refractivity contribution in [2.24, 2.45) is 4.99 Å². The first-order valence-corrected chi connectivity index (χ1v) is 12.8. The Hall–Kier alpha value is -3.17. The van der Waals surface area contributed by atoms with Gasteiger partial charge in [-0.25, -0.2) is 9.79 Å². The molecule has 1 atom stereocenters. The number of aromatic nitrogens is 1. The summed E-state index contributed by atoms with van der Waals surface area (Å²) in [5, 5.41) is 10.2. The molecule has 0 aliphatic carbocycles. The zero-order valence-electron chi connectivity index (χ0n) is 19.8. The number of halogens is 1. The van der Waals surface area contributed by atoms with Crippen molar-refractivity contribution in [2.45, 2.75) is 33.7 Å². The Morgan fingerprint density at radius 3 is 2.57 bits per heavy atom. The maximum absolute atomic E-state index is 13.7. The summed E-state index contributed by atoms with van der Waals surface area (Å²) < 4.78 is 13.3. The number of aromatic hydroxyl groups is 1. The van der Waals surface area contributed by atoms with Crippen LogP contribution in [-0.2, 0) is 9.53 Å². The van der Waals surface area contributed by atoms with Crippen LogP contribution in [0.4, 0.5) is 0 Å². The van der Waals surface area contributed by atoms with Gasteiger partial charge in [0.2, 0.25) is 0 Å². The molecule has 2 aromatic carbocycles. The third-order valence-electron chi connectivity index (χ3n) is 5.56. The fraction of sp³-hybridized carbons (Fsp3) is 0.269. The van der Waals surface area contributed by atoms with Crippen LogP contribution >= 0.6 is 27.3 Å². The van der Waals surface area contributed by atoms with Crippen molar-refractivity contribution in [1.29, 1.82) is 0 Å². The quantitative estimate of drug-likeness (QED) is 0.464. The van der Waals surface area contributed by atoms with Crippen molar-refractivity contribution in [1.82, 2.24) is 4.57 Å². The van der Waals surface area contributed by atoms with Crippen molar-refractivity contribution >= 4 is 39.3 Å². The number of nitrogens with zero attached hydrogens (tertiary/aromatic N) is 2. The Balaban J connectivity index is 1.93. The molecule has 0 amide bonds. The summed E-state index contributed by atoms with van der Waals surface area (Å²) in [6.45, 7) is 7.92. The molecule has 1 unspecified atom stereocenters. The molecule has 9 heteroatoms. The molecule has 4 rings (SSSR count). The summed E-state index contributed by atoms with van der Waals surface area (Å²) in [5.41, 5.74) is 3.15. The molecule has 0 fully saturated rings. The van der Waals surface area contributed by atoms with Gasteiger partial charge in [0.25, 0.3) is 5.56 Å². The van der Waals surface area contributed by atoms with Gasteiger partial charge in [0, 0.05) is 0 Å². The third-order valence-corrected chi connectivity index (χ3v) is 7.15. The Labute approximate surface area is 214 Å². The van der Waals surface area contributed by atoms with E-state index in [1.807, 2.05) is 38.1 Å². The molecule has 1 aliphatic rings. The number of allylic oxidation sites excluding steroid dienone is 1. The van der Waals surface area contributed by atoms with Crippen LogP contribution in [-0.4, -0.2) is 28.9 Å². The number of esters is 1. The molecule has 35 heavy (non-hydrogen) atoms. The SMILES string of the molecule is CCOC(=O)C1=C(C)N=c2s/c(=C/c3cc(Br)c(O)c(OCC)c3)c(=O)n2C1c1ccc(C)cc1. The minimum absolute atomic E-state index is 0.000431. The lowest BCUT2D eigenvalue weighted by atomic mass is 9.95. The fourth-order valence-electron chi connectivity index (χ4n) is 3.95. The molecular formula is C26H25BrN2O5S. The van der Waals surface area contributed by atoms with E-state index >= 15 is 0 Å². The maximum atomic E-state index is 13.7. The predicted octanol–water partition coefficient (Wildman–Crippen LogP) is 3.97. The van der Waals surface area contributed by atoms with Crippen LogP contribution in [0.5, 0.6) is 11.5 Å². The summed E-state index contributed by atoms with van der Waals surface area (Å²) in [7, 11) is 0. The Morgan fingerprint density at radius 1 is 1.20 bits per heavy atom. The van der Waals surface area contributed by atoms with Crippen molar-refractivity contribution < 1.29 is 19.4 Å². The zero-order chi connectivity index (χ0) is 25.3. The molecule has 182 valence electrons. The van der Waals surface area contributed by atoms with E-state index in [4.69, 9.17) is 9.47 Å². The smallest absolute Gasteiger partial charge is 0.338 e. The van der Waals surface area contributed by atoms with Crippen molar-refractivity contribution in [2.75, 3.05) is 13.2 Å². The molecule has 0 radical (unpaired) electrons. The summed E-state index contributed by atoms with van der Waals surface area (Å²) in [6, 6.07) is 10.5. The number of hydrogen-bond acceptors (Lipinski definition) is 7.